The maximum absolute atomic E-state index is 5.98. The molecule has 57 valence electrons. The van der Waals surface area contributed by atoms with Crippen LogP contribution in [0.2, 0.25) is 10.0 Å². The predicted octanol–water partition coefficient (Wildman–Crippen LogP) is 3.71. The zero-order chi connectivity index (χ0) is 7.84. The summed E-state index contributed by atoms with van der Waals surface area (Å²) < 4.78 is 0. The standard InChI is InChI=1S/C9H7Cl2/c10-8-3-1-2-7(9(8)11)6-4-5-6/h1-3H,4-5H2. The summed E-state index contributed by atoms with van der Waals surface area (Å²) >= 11 is 11.8. The van der Waals surface area contributed by atoms with Gasteiger partial charge in [-0.05, 0) is 24.5 Å². The van der Waals surface area contributed by atoms with E-state index in [-0.39, 0.29) is 0 Å². The van der Waals surface area contributed by atoms with Gasteiger partial charge in [0.15, 0.2) is 0 Å². The Morgan fingerprint density at radius 1 is 1.09 bits per heavy atom. The van der Waals surface area contributed by atoms with Gasteiger partial charge in [-0.1, -0.05) is 35.3 Å². The highest BCUT2D eigenvalue weighted by atomic mass is 35.5. The Labute approximate surface area is 76.1 Å². The quantitative estimate of drug-likeness (QED) is 0.627. The van der Waals surface area contributed by atoms with Crippen LogP contribution in [0.25, 0.3) is 0 Å². The van der Waals surface area contributed by atoms with E-state index >= 15 is 0 Å². The molecule has 1 radical (unpaired) electrons. The molecular weight excluding hydrogens is 179 g/mol. The van der Waals surface area contributed by atoms with Gasteiger partial charge in [0.1, 0.15) is 0 Å². The minimum absolute atomic E-state index is 0.656. The second kappa shape index (κ2) is 2.69. The molecule has 1 aromatic carbocycles. The van der Waals surface area contributed by atoms with Gasteiger partial charge in [-0.2, -0.15) is 0 Å². The van der Waals surface area contributed by atoms with Crippen molar-refractivity contribution in [1.82, 2.24) is 0 Å². The Morgan fingerprint density at radius 3 is 2.45 bits per heavy atom. The lowest BCUT2D eigenvalue weighted by atomic mass is 10.1. The van der Waals surface area contributed by atoms with Gasteiger partial charge >= 0.3 is 0 Å². The molecule has 0 saturated heterocycles. The molecule has 11 heavy (non-hydrogen) atoms. The van der Waals surface area contributed by atoms with Crippen LogP contribution in [0.4, 0.5) is 0 Å². The molecule has 0 amide bonds. The van der Waals surface area contributed by atoms with Gasteiger partial charge in [-0.3, -0.25) is 0 Å². The Hall–Kier alpha value is -0.200. The van der Waals surface area contributed by atoms with E-state index in [9.17, 15) is 0 Å². The highest BCUT2D eigenvalue weighted by Crippen LogP contribution is 2.43. The molecule has 1 aliphatic rings. The number of hydrogen-bond acceptors (Lipinski definition) is 0. The largest absolute Gasteiger partial charge is 0.0827 e. The van der Waals surface area contributed by atoms with Crippen LogP contribution in [0.3, 0.4) is 0 Å². The lowest BCUT2D eigenvalue weighted by Crippen LogP contribution is -1.81. The lowest BCUT2D eigenvalue weighted by Gasteiger charge is -2.01. The van der Waals surface area contributed by atoms with Crippen molar-refractivity contribution in [1.29, 1.82) is 0 Å². The Kier molecular flexibility index (Phi) is 1.82. The average molecular weight is 186 g/mol. The zero-order valence-corrected chi connectivity index (χ0v) is 7.41. The molecule has 1 aliphatic carbocycles. The van der Waals surface area contributed by atoms with E-state index in [0.717, 1.165) is 5.56 Å². The second-order valence-corrected chi connectivity index (χ2v) is 3.49. The molecule has 0 aromatic heterocycles. The molecule has 0 aliphatic heterocycles. The van der Waals surface area contributed by atoms with Crippen molar-refractivity contribution in [3.8, 4) is 0 Å². The third-order valence-electron chi connectivity index (χ3n) is 1.83. The molecule has 2 rings (SSSR count). The molecule has 1 aromatic rings. The molecule has 0 heterocycles. The van der Waals surface area contributed by atoms with Gasteiger partial charge in [0.2, 0.25) is 0 Å². The minimum atomic E-state index is 0.656. The van der Waals surface area contributed by atoms with Gasteiger partial charge in [-0.25, -0.2) is 0 Å². The smallest absolute Gasteiger partial charge is 0.0630 e. The van der Waals surface area contributed by atoms with Gasteiger partial charge in [-0.15, -0.1) is 0 Å². The van der Waals surface area contributed by atoms with Crippen LogP contribution in [-0.2, 0) is 0 Å². The van der Waals surface area contributed by atoms with Gasteiger partial charge in [0.05, 0.1) is 10.0 Å². The third kappa shape index (κ3) is 1.38. The summed E-state index contributed by atoms with van der Waals surface area (Å²) in [6.45, 7) is 0. The van der Waals surface area contributed by atoms with Crippen LogP contribution >= 0.6 is 23.2 Å². The van der Waals surface area contributed by atoms with Crippen molar-refractivity contribution in [2.24, 2.45) is 0 Å². The van der Waals surface area contributed by atoms with E-state index in [1.165, 1.54) is 18.8 Å². The summed E-state index contributed by atoms with van der Waals surface area (Å²) in [6.07, 6.45) is 2.36. The van der Waals surface area contributed by atoms with E-state index in [2.05, 4.69) is 0 Å². The van der Waals surface area contributed by atoms with Gasteiger partial charge in [0.25, 0.3) is 0 Å². The summed E-state index contributed by atoms with van der Waals surface area (Å²) in [7, 11) is 0. The highest BCUT2D eigenvalue weighted by Gasteiger charge is 2.26. The summed E-state index contributed by atoms with van der Waals surface area (Å²) in [5.74, 6) is 1.43. The molecule has 1 saturated carbocycles. The second-order valence-electron chi connectivity index (χ2n) is 2.70. The van der Waals surface area contributed by atoms with Crippen LogP contribution in [0.5, 0.6) is 0 Å². The number of halogens is 2. The molecule has 0 N–H and O–H groups in total. The van der Waals surface area contributed by atoms with Crippen molar-refractivity contribution in [3.63, 3.8) is 0 Å². The summed E-state index contributed by atoms with van der Waals surface area (Å²) in [6, 6.07) is 5.78. The topological polar surface area (TPSA) is 0 Å². The summed E-state index contributed by atoms with van der Waals surface area (Å²) in [5.41, 5.74) is 1.14. The highest BCUT2D eigenvalue weighted by molar-refractivity contribution is 6.42. The van der Waals surface area contributed by atoms with E-state index in [1.54, 1.807) is 0 Å². The zero-order valence-electron chi connectivity index (χ0n) is 5.90. The van der Waals surface area contributed by atoms with Crippen molar-refractivity contribution in [2.45, 2.75) is 12.8 Å². The Morgan fingerprint density at radius 2 is 1.82 bits per heavy atom. The van der Waals surface area contributed by atoms with E-state index in [4.69, 9.17) is 23.2 Å². The molecule has 0 spiro atoms. The van der Waals surface area contributed by atoms with E-state index in [1.807, 2.05) is 18.2 Å². The Balaban J connectivity index is 2.45. The first kappa shape index (κ1) is 7.45. The monoisotopic (exact) mass is 185 g/mol. The maximum atomic E-state index is 5.98. The van der Waals surface area contributed by atoms with Crippen LogP contribution in [0.1, 0.15) is 18.4 Å². The van der Waals surface area contributed by atoms with Crippen LogP contribution in [0.15, 0.2) is 18.2 Å². The first-order chi connectivity index (χ1) is 5.29. The van der Waals surface area contributed by atoms with Crippen molar-refractivity contribution in [2.75, 3.05) is 0 Å². The molecule has 2 heteroatoms. The van der Waals surface area contributed by atoms with Crippen LogP contribution in [-0.4, -0.2) is 0 Å². The summed E-state index contributed by atoms with van der Waals surface area (Å²) in [5, 5.41) is 1.37. The van der Waals surface area contributed by atoms with Gasteiger partial charge < -0.3 is 0 Å². The molecule has 0 bridgehead atoms. The average Bonchev–Trinajstić information content (AvgIpc) is 2.77. The van der Waals surface area contributed by atoms with E-state index < -0.39 is 0 Å². The van der Waals surface area contributed by atoms with Crippen molar-refractivity contribution >= 4 is 23.2 Å². The fourth-order valence-corrected chi connectivity index (χ4v) is 1.54. The molecule has 0 unspecified atom stereocenters. The fourth-order valence-electron chi connectivity index (χ4n) is 1.11. The van der Waals surface area contributed by atoms with E-state index in [0.29, 0.717) is 10.0 Å². The number of rotatable bonds is 1. The third-order valence-corrected chi connectivity index (χ3v) is 2.65. The lowest BCUT2D eigenvalue weighted by molar-refractivity contribution is 1.41. The molecule has 0 atom stereocenters. The Bertz CT molecular complexity index is 277. The van der Waals surface area contributed by atoms with Crippen molar-refractivity contribution < 1.29 is 0 Å². The molecule has 0 nitrogen and oxygen atoms in total. The normalized spacial score (nSPS) is 16.9. The maximum Gasteiger partial charge on any atom is 0.0630 e. The first-order valence-corrected chi connectivity index (χ1v) is 4.34. The van der Waals surface area contributed by atoms with Crippen molar-refractivity contribution in [3.05, 3.63) is 39.7 Å². The summed E-state index contributed by atoms with van der Waals surface area (Å²) in [4.78, 5) is 0. The number of hydrogen-bond donors (Lipinski definition) is 0. The minimum Gasteiger partial charge on any atom is -0.0827 e. The van der Waals surface area contributed by atoms with Crippen LogP contribution < -0.4 is 0 Å². The fraction of sp³-hybridized carbons (Fsp3) is 0.222. The predicted molar refractivity (Wildman–Crippen MR) is 48.0 cm³/mol. The number of benzene rings is 1. The van der Waals surface area contributed by atoms with Gasteiger partial charge in [0, 0.05) is 5.92 Å². The molecule has 1 fully saturated rings. The molecular formula is C9H7Cl2. The van der Waals surface area contributed by atoms with Crippen LogP contribution in [0, 0.1) is 5.92 Å². The first-order valence-electron chi connectivity index (χ1n) is 3.58. The SMILES string of the molecule is Clc1cccc([C]2CC2)c1Cl.